The van der Waals surface area contributed by atoms with E-state index in [0.29, 0.717) is 29.1 Å². The van der Waals surface area contributed by atoms with Gasteiger partial charge in [-0.3, -0.25) is 9.59 Å². The number of nitrogens with zero attached hydrogens (tertiary/aromatic N) is 1. The van der Waals surface area contributed by atoms with Crippen LogP contribution in [0.2, 0.25) is 0 Å². The second-order valence-corrected chi connectivity index (χ2v) is 5.70. The lowest BCUT2D eigenvalue weighted by atomic mass is 10.1. The van der Waals surface area contributed by atoms with Crippen LogP contribution in [-0.4, -0.2) is 24.3 Å². The van der Waals surface area contributed by atoms with Gasteiger partial charge in [-0.05, 0) is 62.4 Å². The third kappa shape index (κ3) is 5.54. The topological polar surface area (TPSA) is 108 Å². The van der Waals surface area contributed by atoms with Crippen LogP contribution in [0.3, 0.4) is 0 Å². The van der Waals surface area contributed by atoms with Gasteiger partial charge in [-0.1, -0.05) is 0 Å². The fourth-order valence-electron chi connectivity index (χ4n) is 2.21. The molecule has 0 unspecified atom stereocenters. The molecule has 0 radical (unpaired) electrons. The van der Waals surface area contributed by atoms with Crippen molar-refractivity contribution >= 4 is 29.0 Å². The fourth-order valence-corrected chi connectivity index (χ4v) is 2.21. The van der Waals surface area contributed by atoms with E-state index in [1.54, 1.807) is 55.5 Å². The number of carbonyl (C=O) groups excluding carboxylic acids is 3. The average Bonchev–Trinajstić information content (AvgIpc) is 2.69. The van der Waals surface area contributed by atoms with Crippen molar-refractivity contribution in [2.45, 2.75) is 13.8 Å². The maximum Gasteiger partial charge on any atom is 0.338 e. The summed E-state index contributed by atoms with van der Waals surface area (Å²) in [5.41, 5.74) is 1.87. The zero-order valence-electron chi connectivity index (χ0n) is 15.5. The minimum atomic E-state index is -0.589. The summed E-state index contributed by atoms with van der Waals surface area (Å²) in [4.78, 5) is 35.1. The molecular weight excluding hydrogens is 358 g/mol. The Bertz CT molecular complexity index is 939. The van der Waals surface area contributed by atoms with Gasteiger partial charge in [0.2, 0.25) is 0 Å². The van der Waals surface area contributed by atoms with Crippen molar-refractivity contribution in [2.24, 2.45) is 0 Å². The van der Waals surface area contributed by atoms with Gasteiger partial charge in [0.1, 0.15) is 11.6 Å². The standard InChI is InChI=1S/C21H19N3O4/c1-3-28-21(27)16-6-8-18(9-7-16)23-13-17(12-22)20(26)24-19-10-4-15(5-11-19)14(2)25/h4-11,13,23H,3H2,1-2H3,(H,24,26)/b17-13-. The van der Waals surface area contributed by atoms with E-state index < -0.39 is 11.9 Å². The molecule has 0 aliphatic carbocycles. The number of hydrogen-bond donors (Lipinski definition) is 2. The zero-order valence-corrected chi connectivity index (χ0v) is 15.5. The van der Waals surface area contributed by atoms with E-state index in [9.17, 15) is 19.6 Å². The van der Waals surface area contributed by atoms with Gasteiger partial charge in [-0.25, -0.2) is 4.79 Å². The number of nitriles is 1. The van der Waals surface area contributed by atoms with Crippen LogP contribution in [0.25, 0.3) is 0 Å². The van der Waals surface area contributed by atoms with Crippen molar-refractivity contribution in [3.63, 3.8) is 0 Å². The third-order valence-electron chi connectivity index (χ3n) is 3.69. The van der Waals surface area contributed by atoms with Crippen LogP contribution in [-0.2, 0) is 9.53 Å². The molecule has 2 N–H and O–H groups in total. The molecule has 0 heterocycles. The molecule has 0 bridgehead atoms. The van der Waals surface area contributed by atoms with Crippen LogP contribution in [0.15, 0.2) is 60.3 Å². The fraction of sp³-hybridized carbons (Fsp3) is 0.143. The van der Waals surface area contributed by atoms with Crippen molar-refractivity contribution < 1.29 is 19.1 Å². The minimum Gasteiger partial charge on any atom is -0.462 e. The Morgan fingerprint density at radius 1 is 1.00 bits per heavy atom. The Morgan fingerprint density at radius 3 is 2.11 bits per heavy atom. The molecule has 142 valence electrons. The molecule has 2 aromatic carbocycles. The molecule has 0 aliphatic rings. The van der Waals surface area contributed by atoms with E-state index >= 15 is 0 Å². The van der Waals surface area contributed by atoms with Crippen LogP contribution >= 0.6 is 0 Å². The molecule has 0 atom stereocenters. The second kappa shape index (κ2) is 9.69. The number of ketones is 1. The Labute approximate surface area is 162 Å². The maximum absolute atomic E-state index is 12.2. The van der Waals surface area contributed by atoms with E-state index in [4.69, 9.17) is 4.74 Å². The van der Waals surface area contributed by atoms with E-state index in [2.05, 4.69) is 10.6 Å². The molecular formula is C21H19N3O4. The normalized spacial score (nSPS) is 10.5. The molecule has 0 saturated carbocycles. The molecule has 0 aromatic heterocycles. The molecule has 28 heavy (non-hydrogen) atoms. The van der Waals surface area contributed by atoms with E-state index in [1.807, 2.05) is 6.07 Å². The lowest BCUT2D eigenvalue weighted by Gasteiger charge is -2.06. The Morgan fingerprint density at radius 2 is 1.57 bits per heavy atom. The number of benzene rings is 2. The predicted molar refractivity (Wildman–Crippen MR) is 105 cm³/mol. The van der Waals surface area contributed by atoms with Gasteiger partial charge in [-0.2, -0.15) is 5.26 Å². The molecule has 0 aliphatic heterocycles. The monoisotopic (exact) mass is 377 g/mol. The molecule has 7 nitrogen and oxygen atoms in total. The first-order chi connectivity index (χ1) is 13.4. The molecule has 0 spiro atoms. The Kier molecular flexibility index (Phi) is 7.06. The van der Waals surface area contributed by atoms with Gasteiger partial charge in [-0.15, -0.1) is 0 Å². The molecule has 2 rings (SSSR count). The van der Waals surface area contributed by atoms with Crippen LogP contribution in [0.5, 0.6) is 0 Å². The SMILES string of the molecule is CCOC(=O)c1ccc(N/C=C(/C#N)C(=O)Nc2ccc(C(C)=O)cc2)cc1. The number of amides is 1. The van der Waals surface area contributed by atoms with E-state index in [1.165, 1.54) is 13.1 Å². The number of nitrogens with one attached hydrogen (secondary N) is 2. The quantitative estimate of drug-likeness (QED) is 0.331. The van der Waals surface area contributed by atoms with Crippen molar-refractivity contribution in [2.75, 3.05) is 17.2 Å². The predicted octanol–water partition coefficient (Wildman–Crippen LogP) is 3.52. The molecule has 0 fully saturated rings. The van der Waals surface area contributed by atoms with E-state index in [-0.39, 0.29) is 11.4 Å². The summed E-state index contributed by atoms with van der Waals surface area (Å²) in [6.45, 7) is 3.47. The number of carbonyl (C=O) groups is 3. The van der Waals surface area contributed by atoms with Crippen molar-refractivity contribution in [1.82, 2.24) is 0 Å². The largest absolute Gasteiger partial charge is 0.462 e. The Hall–Kier alpha value is -3.92. The zero-order chi connectivity index (χ0) is 20.5. The number of esters is 1. The summed E-state index contributed by atoms with van der Waals surface area (Å²) in [5, 5.41) is 14.7. The summed E-state index contributed by atoms with van der Waals surface area (Å²) in [5.74, 6) is -1.08. The third-order valence-corrected chi connectivity index (χ3v) is 3.69. The van der Waals surface area contributed by atoms with Gasteiger partial charge in [0.05, 0.1) is 12.2 Å². The van der Waals surface area contributed by atoms with Crippen molar-refractivity contribution in [3.8, 4) is 6.07 Å². The molecule has 7 heteroatoms. The number of ether oxygens (including phenoxy) is 1. The van der Waals surface area contributed by atoms with Crippen molar-refractivity contribution in [3.05, 3.63) is 71.4 Å². The summed E-state index contributed by atoms with van der Waals surface area (Å²) in [6, 6.07) is 14.6. The number of Topliss-reactive ketones (excluding diaryl/α,β-unsaturated/α-hetero) is 1. The van der Waals surface area contributed by atoms with Crippen LogP contribution in [0.4, 0.5) is 11.4 Å². The van der Waals surface area contributed by atoms with Gasteiger partial charge < -0.3 is 15.4 Å². The molecule has 1 amide bonds. The summed E-state index contributed by atoms with van der Waals surface area (Å²) in [7, 11) is 0. The lowest BCUT2D eigenvalue weighted by molar-refractivity contribution is -0.112. The first-order valence-corrected chi connectivity index (χ1v) is 8.51. The first-order valence-electron chi connectivity index (χ1n) is 8.51. The highest BCUT2D eigenvalue weighted by Crippen LogP contribution is 2.13. The highest BCUT2D eigenvalue weighted by molar-refractivity contribution is 6.07. The number of hydrogen-bond acceptors (Lipinski definition) is 6. The molecule has 0 saturated heterocycles. The minimum absolute atomic E-state index is 0.0753. The van der Waals surface area contributed by atoms with Crippen LogP contribution in [0, 0.1) is 11.3 Å². The Balaban J connectivity index is 2.02. The molecule has 2 aromatic rings. The average molecular weight is 377 g/mol. The van der Waals surface area contributed by atoms with Gasteiger partial charge >= 0.3 is 5.97 Å². The lowest BCUT2D eigenvalue weighted by Crippen LogP contribution is -2.14. The maximum atomic E-state index is 12.2. The van der Waals surface area contributed by atoms with Crippen molar-refractivity contribution in [1.29, 1.82) is 5.26 Å². The van der Waals surface area contributed by atoms with Crippen LogP contribution in [0.1, 0.15) is 34.6 Å². The van der Waals surface area contributed by atoms with Gasteiger partial charge in [0.25, 0.3) is 5.91 Å². The van der Waals surface area contributed by atoms with Gasteiger partial charge in [0, 0.05) is 23.1 Å². The smallest absolute Gasteiger partial charge is 0.338 e. The summed E-state index contributed by atoms with van der Waals surface area (Å²) in [6.07, 6.45) is 1.28. The highest BCUT2D eigenvalue weighted by atomic mass is 16.5. The first kappa shape index (κ1) is 20.4. The van der Waals surface area contributed by atoms with Gasteiger partial charge in [0.15, 0.2) is 5.78 Å². The highest BCUT2D eigenvalue weighted by Gasteiger charge is 2.10. The van der Waals surface area contributed by atoms with Crippen LogP contribution < -0.4 is 10.6 Å². The summed E-state index contributed by atoms with van der Waals surface area (Å²) < 4.78 is 4.91. The second-order valence-electron chi connectivity index (χ2n) is 5.70. The number of rotatable bonds is 7. The summed E-state index contributed by atoms with van der Waals surface area (Å²) >= 11 is 0. The number of anilines is 2. The van der Waals surface area contributed by atoms with E-state index in [0.717, 1.165) is 0 Å².